The summed E-state index contributed by atoms with van der Waals surface area (Å²) in [4.78, 5) is 72.8. The first-order chi connectivity index (χ1) is 48.0. The normalized spacial score (nSPS) is 13.9. The molecule has 0 aromatic heterocycles. The molecule has 0 saturated carbocycles. The highest BCUT2D eigenvalue weighted by molar-refractivity contribution is 7.47. The van der Waals surface area contributed by atoms with Crippen molar-refractivity contribution >= 4 is 39.5 Å². The summed E-state index contributed by atoms with van der Waals surface area (Å²) in [5, 5.41) is 10.6. The van der Waals surface area contributed by atoms with Gasteiger partial charge in [-0.05, 0) is 31.6 Å². The largest absolute Gasteiger partial charge is 0.472 e. The zero-order valence-electron chi connectivity index (χ0n) is 64.6. The van der Waals surface area contributed by atoms with Crippen LogP contribution >= 0.6 is 15.6 Å². The van der Waals surface area contributed by atoms with E-state index in [0.29, 0.717) is 25.7 Å². The highest BCUT2D eigenvalue weighted by Gasteiger charge is 2.30. The van der Waals surface area contributed by atoms with Crippen LogP contribution in [0.5, 0.6) is 0 Å². The zero-order valence-corrected chi connectivity index (χ0v) is 66.4. The Balaban J connectivity index is 5.17. The second kappa shape index (κ2) is 73.0. The molecule has 0 aromatic carbocycles. The summed E-state index contributed by atoms with van der Waals surface area (Å²) in [6, 6.07) is 0. The molecule has 2 unspecified atom stereocenters. The lowest BCUT2D eigenvalue weighted by Gasteiger charge is -2.21. The van der Waals surface area contributed by atoms with Gasteiger partial charge in [0.15, 0.2) is 12.2 Å². The number of carbonyl (C=O) groups is 4. The third-order valence-corrected chi connectivity index (χ3v) is 20.7. The van der Waals surface area contributed by atoms with Crippen molar-refractivity contribution < 1.29 is 80.2 Å². The first kappa shape index (κ1) is 97.1. The molecule has 0 amide bonds. The SMILES string of the molecule is CCCCCCCCCCCCCCCCCCCC(=O)OC[C@H](COP(=O)(O)OC[C@@H](O)COP(=O)(O)OC[C@@H](COC(=O)CCCCCCCCC)OC(=O)CCCCCCCCCCCCCCCC)OC(=O)CCCCCCCCCCCCCCCCCCCCC(C)C. The molecular weight excluding hydrogens is 1290 g/mol. The molecule has 0 aliphatic rings. The van der Waals surface area contributed by atoms with Crippen molar-refractivity contribution in [2.24, 2.45) is 5.92 Å². The molecule has 0 bridgehead atoms. The molecule has 588 valence electrons. The lowest BCUT2D eigenvalue weighted by Crippen LogP contribution is -2.30. The standard InChI is InChI=1S/C80H156O17P2/c1-6-9-12-15-18-20-22-24-26-29-33-37-40-44-49-54-59-64-78(83)91-70-76(97-80(85)66-61-56-51-46-42-38-34-31-28-27-30-32-35-39-43-48-52-57-62-73(4)5)72-95-99(88,89)93-68-74(81)67-92-98(86,87)94-71-75(69-90-77(82)63-58-53-47-17-14-11-8-3)96-79(84)65-60-55-50-45-41-36-25-23-21-19-16-13-10-7-2/h73-76,81H,6-72H2,1-5H3,(H,86,87)(H,88,89)/t74-,75+,76+/m0/s1. The topological polar surface area (TPSA) is 237 Å². The third kappa shape index (κ3) is 74.1. The Kier molecular flexibility index (Phi) is 71.6. The van der Waals surface area contributed by atoms with Crippen molar-refractivity contribution in [2.45, 2.75) is 445 Å². The van der Waals surface area contributed by atoms with Gasteiger partial charge in [-0.3, -0.25) is 37.3 Å². The first-order valence-corrected chi connectivity index (χ1v) is 44.6. The molecule has 0 aliphatic carbocycles. The summed E-state index contributed by atoms with van der Waals surface area (Å²) in [5.74, 6) is -1.29. The predicted octanol–water partition coefficient (Wildman–Crippen LogP) is 24.0. The van der Waals surface area contributed by atoms with Crippen LogP contribution in [0.2, 0.25) is 0 Å². The number of esters is 4. The van der Waals surface area contributed by atoms with Gasteiger partial charge in [-0.2, -0.15) is 0 Å². The number of aliphatic hydroxyl groups excluding tert-OH is 1. The van der Waals surface area contributed by atoms with E-state index in [1.54, 1.807) is 0 Å². The fourth-order valence-electron chi connectivity index (χ4n) is 12.4. The van der Waals surface area contributed by atoms with Gasteiger partial charge in [-0.1, -0.05) is 375 Å². The highest BCUT2D eigenvalue weighted by atomic mass is 31.2. The minimum atomic E-state index is -4.96. The van der Waals surface area contributed by atoms with E-state index in [-0.39, 0.29) is 25.7 Å². The Morgan fingerprint density at radius 1 is 0.273 bits per heavy atom. The van der Waals surface area contributed by atoms with Crippen molar-refractivity contribution in [3.63, 3.8) is 0 Å². The van der Waals surface area contributed by atoms with Crippen LogP contribution in [-0.4, -0.2) is 96.7 Å². The summed E-state index contributed by atoms with van der Waals surface area (Å²) >= 11 is 0. The van der Waals surface area contributed by atoms with Gasteiger partial charge >= 0.3 is 39.5 Å². The predicted molar refractivity (Wildman–Crippen MR) is 405 cm³/mol. The fourth-order valence-corrected chi connectivity index (χ4v) is 14.0. The number of ether oxygens (including phenoxy) is 4. The van der Waals surface area contributed by atoms with Crippen molar-refractivity contribution in [1.29, 1.82) is 0 Å². The highest BCUT2D eigenvalue weighted by Crippen LogP contribution is 2.45. The van der Waals surface area contributed by atoms with E-state index in [1.165, 1.54) is 238 Å². The van der Waals surface area contributed by atoms with Crippen molar-refractivity contribution in [3.05, 3.63) is 0 Å². The molecule has 3 N–H and O–H groups in total. The molecule has 0 heterocycles. The smallest absolute Gasteiger partial charge is 0.462 e. The van der Waals surface area contributed by atoms with Gasteiger partial charge in [0.2, 0.25) is 0 Å². The second-order valence-corrected chi connectivity index (χ2v) is 32.2. The minimum absolute atomic E-state index is 0.108. The lowest BCUT2D eigenvalue weighted by atomic mass is 10.0. The number of carbonyl (C=O) groups excluding carboxylic acids is 4. The third-order valence-electron chi connectivity index (χ3n) is 18.8. The molecule has 0 fully saturated rings. The molecule has 99 heavy (non-hydrogen) atoms. The van der Waals surface area contributed by atoms with E-state index >= 15 is 0 Å². The average Bonchev–Trinajstić information content (AvgIpc) is 1.04. The molecule has 0 aromatic rings. The summed E-state index contributed by atoms with van der Waals surface area (Å²) in [6.07, 6.45) is 64.0. The van der Waals surface area contributed by atoms with Gasteiger partial charge in [0, 0.05) is 25.7 Å². The van der Waals surface area contributed by atoms with Crippen LogP contribution in [0.4, 0.5) is 0 Å². The molecule has 0 aliphatic heterocycles. The molecule has 0 spiro atoms. The van der Waals surface area contributed by atoms with Crippen LogP contribution in [0.15, 0.2) is 0 Å². The molecule has 0 saturated heterocycles. The molecule has 17 nitrogen and oxygen atoms in total. The van der Waals surface area contributed by atoms with Crippen molar-refractivity contribution in [1.82, 2.24) is 0 Å². The van der Waals surface area contributed by atoms with Crippen LogP contribution in [0.25, 0.3) is 0 Å². The Bertz CT molecular complexity index is 1890. The summed E-state index contributed by atoms with van der Waals surface area (Å²) in [6.45, 7) is 7.32. The van der Waals surface area contributed by atoms with Crippen LogP contribution in [-0.2, 0) is 65.4 Å². The van der Waals surface area contributed by atoms with Crippen LogP contribution in [0, 0.1) is 5.92 Å². The van der Waals surface area contributed by atoms with E-state index in [4.69, 9.17) is 37.0 Å². The van der Waals surface area contributed by atoms with E-state index in [9.17, 15) is 43.2 Å². The maximum atomic E-state index is 13.1. The molecule has 0 rings (SSSR count). The maximum absolute atomic E-state index is 13.1. The van der Waals surface area contributed by atoms with Crippen molar-refractivity contribution in [3.8, 4) is 0 Å². The van der Waals surface area contributed by atoms with Crippen LogP contribution in [0.3, 0.4) is 0 Å². The summed E-state index contributed by atoms with van der Waals surface area (Å²) in [7, 11) is -9.91. The van der Waals surface area contributed by atoms with Crippen molar-refractivity contribution in [2.75, 3.05) is 39.6 Å². The average molecular weight is 1450 g/mol. The van der Waals surface area contributed by atoms with E-state index < -0.39 is 97.5 Å². The summed E-state index contributed by atoms with van der Waals surface area (Å²) < 4.78 is 68.6. The Morgan fingerprint density at radius 2 is 0.465 bits per heavy atom. The van der Waals surface area contributed by atoms with Gasteiger partial charge < -0.3 is 33.8 Å². The van der Waals surface area contributed by atoms with E-state index in [0.717, 1.165) is 109 Å². The second-order valence-electron chi connectivity index (χ2n) is 29.3. The number of unbranched alkanes of at least 4 members (excludes halogenated alkanes) is 52. The Labute approximate surface area is 607 Å². The first-order valence-electron chi connectivity index (χ1n) is 41.6. The van der Waals surface area contributed by atoms with Crippen LogP contribution in [0.1, 0.15) is 426 Å². The van der Waals surface area contributed by atoms with Gasteiger partial charge in [0.1, 0.15) is 19.3 Å². The number of phosphoric ester groups is 2. The van der Waals surface area contributed by atoms with E-state index in [1.807, 2.05) is 0 Å². The number of hydrogen-bond acceptors (Lipinski definition) is 15. The monoisotopic (exact) mass is 1450 g/mol. The van der Waals surface area contributed by atoms with Gasteiger partial charge in [-0.25, -0.2) is 9.13 Å². The lowest BCUT2D eigenvalue weighted by molar-refractivity contribution is -0.161. The molecule has 5 atom stereocenters. The number of aliphatic hydroxyl groups is 1. The quantitative estimate of drug-likeness (QED) is 0.0222. The number of phosphoric acid groups is 2. The molecule has 0 radical (unpaired) electrons. The van der Waals surface area contributed by atoms with Gasteiger partial charge in [0.05, 0.1) is 26.4 Å². The maximum Gasteiger partial charge on any atom is 0.472 e. The fraction of sp³-hybridized carbons (Fsp3) is 0.950. The Morgan fingerprint density at radius 3 is 0.687 bits per heavy atom. The number of hydrogen-bond donors (Lipinski definition) is 3. The molecular formula is C80H156O17P2. The number of rotatable bonds is 80. The molecule has 19 heteroatoms. The minimum Gasteiger partial charge on any atom is -0.462 e. The van der Waals surface area contributed by atoms with Gasteiger partial charge in [0.25, 0.3) is 0 Å². The van der Waals surface area contributed by atoms with E-state index in [2.05, 4.69) is 34.6 Å². The van der Waals surface area contributed by atoms with Crippen LogP contribution < -0.4 is 0 Å². The van der Waals surface area contributed by atoms with Gasteiger partial charge in [-0.15, -0.1) is 0 Å². The summed E-state index contributed by atoms with van der Waals surface area (Å²) in [5.41, 5.74) is 0. The Hall–Kier alpha value is -1.94. The zero-order chi connectivity index (χ0) is 72.7.